The zero-order chi connectivity index (χ0) is 26.2. The first-order chi connectivity index (χ1) is 17.7. The number of anilines is 2. The minimum atomic E-state index is -0.862. The molecular formula is C26H33N7O3S. The lowest BCUT2D eigenvalue weighted by Crippen LogP contribution is -2.59. The van der Waals surface area contributed by atoms with Gasteiger partial charge in [-0.1, -0.05) is 19.9 Å². The van der Waals surface area contributed by atoms with Crippen molar-refractivity contribution in [1.29, 1.82) is 0 Å². The van der Waals surface area contributed by atoms with E-state index in [1.807, 2.05) is 23.6 Å². The second-order valence-corrected chi connectivity index (χ2v) is 11.5. The van der Waals surface area contributed by atoms with Gasteiger partial charge in [-0.05, 0) is 30.9 Å². The van der Waals surface area contributed by atoms with Crippen molar-refractivity contribution >= 4 is 46.0 Å². The summed E-state index contributed by atoms with van der Waals surface area (Å²) in [6, 6.07) is 6.02. The van der Waals surface area contributed by atoms with Crippen LogP contribution >= 0.6 is 11.3 Å². The fourth-order valence-electron chi connectivity index (χ4n) is 5.41. The number of likely N-dealkylation sites (tertiary alicyclic amines) is 1. The molecule has 37 heavy (non-hydrogen) atoms. The van der Waals surface area contributed by atoms with Gasteiger partial charge in [0.2, 0.25) is 11.9 Å². The van der Waals surface area contributed by atoms with Crippen molar-refractivity contribution in [3.05, 3.63) is 29.8 Å². The van der Waals surface area contributed by atoms with Crippen molar-refractivity contribution in [3.8, 4) is 10.6 Å². The predicted molar refractivity (Wildman–Crippen MR) is 145 cm³/mol. The fraction of sp³-hybridized carbons (Fsp3) is 0.500. The van der Waals surface area contributed by atoms with Crippen LogP contribution in [0.1, 0.15) is 33.1 Å². The Labute approximate surface area is 220 Å². The summed E-state index contributed by atoms with van der Waals surface area (Å²) in [6.07, 6.45) is 3.01. The molecule has 11 heteroatoms. The molecule has 2 aliphatic heterocycles. The molecular weight excluding hydrogens is 490 g/mol. The molecule has 0 bridgehead atoms. The predicted octanol–water partition coefficient (Wildman–Crippen LogP) is 3.91. The number of carboxylic acid groups (broad SMARTS) is 1. The minimum Gasteiger partial charge on any atom is -0.465 e. The van der Waals surface area contributed by atoms with Crippen molar-refractivity contribution in [2.75, 3.05) is 43.4 Å². The highest BCUT2D eigenvalue weighted by atomic mass is 32.1. The molecule has 10 nitrogen and oxygen atoms in total. The van der Waals surface area contributed by atoms with Crippen LogP contribution in [0.15, 0.2) is 29.8 Å². The van der Waals surface area contributed by atoms with Crippen LogP contribution < -0.4 is 15.5 Å². The Bertz CT molecular complexity index is 1290. The second-order valence-electron chi connectivity index (χ2n) is 10.6. The van der Waals surface area contributed by atoms with Gasteiger partial charge in [0, 0.05) is 73.6 Å². The van der Waals surface area contributed by atoms with Crippen LogP contribution in [0.25, 0.3) is 21.5 Å². The van der Waals surface area contributed by atoms with Gasteiger partial charge in [0.15, 0.2) is 0 Å². The molecule has 1 aromatic carbocycles. The largest absolute Gasteiger partial charge is 0.465 e. The first kappa shape index (κ1) is 25.2. The minimum absolute atomic E-state index is 0.0164. The number of aromatic nitrogens is 3. The summed E-state index contributed by atoms with van der Waals surface area (Å²) in [5, 5.41) is 19.4. The first-order valence-corrected chi connectivity index (χ1v) is 13.5. The second kappa shape index (κ2) is 10.1. The lowest BCUT2D eigenvalue weighted by molar-refractivity contribution is -0.120. The molecule has 1 atom stereocenters. The van der Waals surface area contributed by atoms with E-state index in [1.165, 1.54) is 4.90 Å². The van der Waals surface area contributed by atoms with Gasteiger partial charge in [-0.3, -0.25) is 4.79 Å². The number of nitrogens with one attached hydrogen (secondary N) is 2. The van der Waals surface area contributed by atoms with Gasteiger partial charge in [-0.2, -0.15) is 4.98 Å². The lowest BCUT2D eigenvalue weighted by atomic mass is 9.79. The van der Waals surface area contributed by atoms with Gasteiger partial charge in [0.05, 0.1) is 5.52 Å². The van der Waals surface area contributed by atoms with Crippen LogP contribution in [-0.4, -0.2) is 76.2 Å². The molecule has 2 fully saturated rings. The molecule has 0 saturated carbocycles. The number of hydrogen-bond acceptors (Lipinski definition) is 8. The monoisotopic (exact) mass is 523 g/mol. The normalized spacial score (nSPS) is 17.3. The highest BCUT2D eigenvalue weighted by Crippen LogP contribution is 2.41. The van der Waals surface area contributed by atoms with Gasteiger partial charge < -0.3 is 25.5 Å². The summed E-state index contributed by atoms with van der Waals surface area (Å²) in [7, 11) is 1.66. The lowest BCUT2D eigenvalue weighted by Gasteiger charge is -2.46. The average molecular weight is 524 g/mol. The van der Waals surface area contributed by atoms with Crippen LogP contribution in [-0.2, 0) is 4.79 Å². The Morgan fingerprint density at radius 1 is 1.22 bits per heavy atom. The number of carbonyl (C=O) groups is 2. The Morgan fingerprint density at radius 2 is 2.03 bits per heavy atom. The van der Waals surface area contributed by atoms with E-state index in [4.69, 9.17) is 9.97 Å². The number of nitrogens with zero attached hydrogens (tertiary/aromatic N) is 5. The maximum Gasteiger partial charge on any atom is 0.407 e. The summed E-state index contributed by atoms with van der Waals surface area (Å²) in [4.78, 5) is 41.6. The molecule has 0 unspecified atom stereocenters. The Morgan fingerprint density at radius 3 is 2.70 bits per heavy atom. The molecule has 5 rings (SSSR count). The molecule has 2 amide bonds. The van der Waals surface area contributed by atoms with Gasteiger partial charge >= 0.3 is 6.09 Å². The third-order valence-electron chi connectivity index (χ3n) is 7.22. The highest BCUT2D eigenvalue weighted by molar-refractivity contribution is 7.13. The van der Waals surface area contributed by atoms with E-state index in [0.717, 1.165) is 47.4 Å². The number of rotatable bonds is 8. The summed E-state index contributed by atoms with van der Waals surface area (Å²) in [5.74, 6) is 1.72. The standard InChI is InChI=1S/C26H33N7O3S/c1-16(2)10-18(12-21(34)27-3)29-22-19-5-4-17(23-28-7-9-37-23)11-20(19)30-24(31-22)32-8-6-26(13-32)14-33(15-26)25(35)36/h4-5,7,9,11,16,18H,6,8,10,12-15H2,1-3H3,(H,27,34)(H,35,36)(H,29,30,31)/t18-/m0/s1. The van der Waals surface area contributed by atoms with Gasteiger partial charge in [-0.15, -0.1) is 11.3 Å². The van der Waals surface area contributed by atoms with Crippen LogP contribution in [0, 0.1) is 11.3 Å². The smallest absolute Gasteiger partial charge is 0.407 e. The maximum absolute atomic E-state index is 12.3. The quantitative estimate of drug-likeness (QED) is 0.406. The van der Waals surface area contributed by atoms with Gasteiger partial charge in [-0.25, -0.2) is 14.8 Å². The van der Waals surface area contributed by atoms with Crippen LogP contribution in [0.2, 0.25) is 0 Å². The summed E-state index contributed by atoms with van der Waals surface area (Å²) in [6.45, 7) is 6.89. The molecule has 4 heterocycles. The third-order valence-corrected chi connectivity index (χ3v) is 8.04. The molecule has 0 radical (unpaired) electrons. The number of hydrogen-bond donors (Lipinski definition) is 3. The van der Waals surface area contributed by atoms with Crippen molar-refractivity contribution in [2.45, 2.75) is 39.2 Å². The number of carbonyl (C=O) groups excluding carboxylic acids is 1. The van der Waals surface area contributed by atoms with E-state index in [0.29, 0.717) is 37.2 Å². The molecule has 2 saturated heterocycles. The molecule has 3 aromatic rings. The van der Waals surface area contributed by atoms with E-state index < -0.39 is 6.09 Å². The summed E-state index contributed by atoms with van der Waals surface area (Å²) in [5.41, 5.74) is 1.77. The topological polar surface area (TPSA) is 124 Å². The van der Waals surface area contributed by atoms with Gasteiger partial charge in [0.25, 0.3) is 0 Å². The Balaban J connectivity index is 1.49. The zero-order valence-electron chi connectivity index (χ0n) is 21.4. The Kier molecular flexibility index (Phi) is 6.89. The van der Waals surface area contributed by atoms with Crippen molar-refractivity contribution in [1.82, 2.24) is 25.2 Å². The number of benzene rings is 1. The van der Waals surface area contributed by atoms with E-state index in [1.54, 1.807) is 24.6 Å². The summed E-state index contributed by atoms with van der Waals surface area (Å²) >= 11 is 1.58. The van der Waals surface area contributed by atoms with Gasteiger partial charge in [0.1, 0.15) is 10.8 Å². The third kappa shape index (κ3) is 5.31. The van der Waals surface area contributed by atoms with E-state index in [2.05, 4.69) is 34.4 Å². The average Bonchev–Trinajstić information content (AvgIpc) is 3.53. The summed E-state index contributed by atoms with van der Waals surface area (Å²) < 4.78 is 0. The van der Waals surface area contributed by atoms with E-state index in [-0.39, 0.29) is 17.4 Å². The molecule has 0 aliphatic carbocycles. The fourth-order valence-corrected chi connectivity index (χ4v) is 6.05. The van der Waals surface area contributed by atoms with Crippen LogP contribution in [0.5, 0.6) is 0 Å². The molecule has 2 aromatic heterocycles. The number of thiazole rings is 1. The molecule has 2 aliphatic rings. The molecule has 196 valence electrons. The Hall–Kier alpha value is -3.47. The van der Waals surface area contributed by atoms with Crippen LogP contribution in [0.4, 0.5) is 16.6 Å². The number of fused-ring (bicyclic) bond motifs is 1. The molecule has 1 spiro atoms. The van der Waals surface area contributed by atoms with Crippen molar-refractivity contribution in [3.63, 3.8) is 0 Å². The highest BCUT2D eigenvalue weighted by Gasteiger charge is 2.50. The van der Waals surface area contributed by atoms with E-state index >= 15 is 0 Å². The SMILES string of the molecule is CNC(=O)C[C@H](CC(C)C)Nc1nc(N2CCC3(CN(C(=O)O)C3)C2)nc2cc(-c3nccs3)ccc12. The molecule has 3 N–H and O–H groups in total. The maximum atomic E-state index is 12.3. The van der Waals surface area contributed by atoms with Crippen LogP contribution in [0.3, 0.4) is 0 Å². The zero-order valence-corrected chi connectivity index (χ0v) is 22.2. The number of amides is 2. The first-order valence-electron chi connectivity index (χ1n) is 12.7. The van der Waals surface area contributed by atoms with E-state index in [9.17, 15) is 14.7 Å². The van der Waals surface area contributed by atoms with Crippen molar-refractivity contribution < 1.29 is 14.7 Å². The van der Waals surface area contributed by atoms with Crippen molar-refractivity contribution in [2.24, 2.45) is 11.3 Å².